The summed E-state index contributed by atoms with van der Waals surface area (Å²) in [4.78, 5) is 40.1. The van der Waals surface area contributed by atoms with Crippen LogP contribution in [-0.2, 0) is 25.2 Å². The average Bonchev–Trinajstić information content (AvgIpc) is 3.28. The fourth-order valence-electron chi connectivity index (χ4n) is 3.99. The topological polar surface area (TPSA) is 88.2 Å². The number of carbonyl (C=O) groups excluding carboxylic acids is 3. The molecule has 0 atom stereocenters. The first-order valence-electron chi connectivity index (χ1n) is 11.1. The van der Waals surface area contributed by atoms with E-state index in [0.29, 0.717) is 50.6 Å². The Morgan fingerprint density at radius 1 is 1.03 bits per heavy atom. The smallest absolute Gasteiger partial charge is 0.416 e. The van der Waals surface area contributed by atoms with Gasteiger partial charge in [0.15, 0.2) is 6.61 Å². The predicted octanol–water partition coefficient (Wildman–Crippen LogP) is 3.46. The first-order chi connectivity index (χ1) is 16.7. The monoisotopic (exact) mass is 491 g/mol. The maximum absolute atomic E-state index is 13.2. The zero-order valence-corrected chi connectivity index (χ0v) is 18.8. The van der Waals surface area contributed by atoms with Crippen LogP contribution in [0.3, 0.4) is 0 Å². The lowest BCUT2D eigenvalue weighted by molar-refractivity contribution is -0.137. The fourth-order valence-corrected chi connectivity index (χ4v) is 3.99. The number of nitrogens with zero attached hydrogens (tertiary/aromatic N) is 2. The molecule has 2 aromatic carbocycles. The quantitative estimate of drug-likeness (QED) is 0.623. The Kier molecular flexibility index (Phi) is 7.25. The van der Waals surface area contributed by atoms with Crippen molar-refractivity contribution in [1.29, 1.82) is 0 Å². The number of nitrogens with one attached hydrogen (secondary N) is 1. The van der Waals surface area contributed by atoms with Crippen molar-refractivity contribution >= 4 is 34.8 Å². The van der Waals surface area contributed by atoms with E-state index in [1.807, 2.05) is 4.90 Å². The number of esters is 1. The summed E-state index contributed by atoms with van der Waals surface area (Å²) in [5.74, 6) is -1.52. The number of hydrogen-bond donors (Lipinski definition) is 1. The van der Waals surface area contributed by atoms with E-state index < -0.39 is 30.2 Å². The number of anilines is 3. The van der Waals surface area contributed by atoms with Crippen molar-refractivity contribution < 1.29 is 37.0 Å². The molecule has 0 bridgehead atoms. The van der Waals surface area contributed by atoms with Gasteiger partial charge in [0.2, 0.25) is 5.91 Å². The van der Waals surface area contributed by atoms with Gasteiger partial charge in [0.25, 0.3) is 5.91 Å². The molecule has 0 aromatic heterocycles. The Balaban J connectivity index is 1.40. The second-order valence-corrected chi connectivity index (χ2v) is 8.15. The maximum Gasteiger partial charge on any atom is 0.416 e. The van der Waals surface area contributed by atoms with Crippen molar-refractivity contribution in [3.63, 3.8) is 0 Å². The van der Waals surface area contributed by atoms with Gasteiger partial charge in [-0.25, -0.2) is 4.79 Å². The van der Waals surface area contributed by atoms with Gasteiger partial charge in [-0.05, 0) is 48.9 Å². The van der Waals surface area contributed by atoms with E-state index in [1.165, 1.54) is 18.2 Å². The Bertz CT molecular complexity index is 1100. The largest absolute Gasteiger partial charge is 0.452 e. The van der Waals surface area contributed by atoms with E-state index >= 15 is 0 Å². The van der Waals surface area contributed by atoms with Crippen LogP contribution in [0.15, 0.2) is 42.5 Å². The van der Waals surface area contributed by atoms with Gasteiger partial charge in [0.1, 0.15) is 0 Å². The third-order valence-electron chi connectivity index (χ3n) is 5.77. The third kappa shape index (κ3) is 5.91. The van der Waals surface area contributed by atoms with E-state index in [9.17, 15) is 27.6 Å². The molecule has 8 nitrogen and oxygen atoms in total. The van der Waals surface area contributed by atoms with E-state index in [-0.39, 0.29) is 17.2 Å². The van der Waals surface area contributed by atoms with Gasteiger partial charge in [-0.1, -0.05) is 0 Å². The van der Waals surface area contributed by atoms with Gasteiger partial charge in [0, 0.05) is 31.7 Å². The standard InChI is InChI=1S/C24H24F3N3O5/c25-24(26,27)17-5-8-20(29-10-12-34-13-11-29)19(14-17)28-21(31)15-35-23(33)16-3-6-18(7-4-16)30-9-1-2-22(30)32/h3-8,14H,1-2,9-13,15H2,(H,28,31). The van der Waals surface area contributed by atoms with Crippen LogP contribution < -0.4 is 15.1 Å². The number of ether oxygens (including phenoxy) is 2. The molecule has 1 N–H and O–H groups in total. The first kappa shape index (κ1) is 24.5. The number of morpholine rings is 1. The van der Waals surface area contributed by atoms with Crippen LogP contribution in [0.5, 0.6) is 0 Å². The summed E-state index contributed by atoms with van der Waals surface area (Å²) in [5, 5.41) is 2.44. The van der Waals surface area contributed by atoms with Crippen molar-refractivity contribution in [3.8, 4) is 0 Å². The van der Waals surface area contributed by atoms with Crippen LogP contribution in [0.2, 0.25) is 0 Å². The minimum Gasteiger partial charge on any atom is -0.452 e. The molecule has 186 valence electrons. The molecule has 0 aliphatic carbocycles. The van der Waals surface area contributed by atoms with Crippen LogP contribution in [0.1, 0.15) is 28.8 Å². The van der Waals surface area contributed by atoms with E-state index in [0.717, 1.165) is 18.6 Å². The molecule has 2 aliphatic rings. The van der Waals surface area contributed by atoms with Crippen molar-refractivity contribution in [1.82, 2.24) is 0 Å². The number of rotatable bonds is 6. The Morgan fingerprint density at radius 2 is 1.74 bits per heavy atom. The number of hydrogen-bond acceptors (Lipinski definition) is 6. The van der Waals surface area contributed by atoms with Crippen LogP contribution in [-0.4, -0.2) is 57.2 Å². The molecule has 0 unspecified atom stereocenters. The lowest BCUT2D eigenvalue weighted by Crippen LogP contribution is -2.37. The summed E-state index contributed by atoms with van der Waals surface area (Å²) in [7, 11) is 0. The number of alkyl halides is 3. The van der Waals surface area contributed by atoms with E-state index in [1.54, 1.807) is 17.0 Å². The molecule has 4 rings (SSSR count). The Labute approximate surface area is 199 Å². The fraction of sp³-hybridized carbons (Fsp3) is 0.375. The van der Waals surface area contributed by atoms with E-state index in [2.05, 4.69) is 5.32 Å². The van der Waals surface area contributed by atoms with Crippen LogP contribution in [0.25, 0.3) is 0 Å². The summed E-state index contributed by atoms with van der Waals surface area (Å²) >= 11 is 0. The Hall–Kier alpha value is -3.60. The molecular formula is C24H24F3N3O5. The third-order valence-corrected chi connectivity index (χ3v) is 5.77. The van der Waals surface area contributed by atoms with Gasteiger partial charge in [-0.3, -0.25) is 9.59 Å². The number of carbonyl (C=O) groups is 3. The molecule has 2 saturated heterocycles. The highest BCUT2D eigenvalue weighted by atomic mass is 19.4. The lowest BCUT2D eigenvalue weighted by atomic mass is 10.1. The molecule has 2 amide bonds. The van der Waals surface area contributed by atoms with Crippen LogP contribution in [0.4, 0.5) is 30.2 Å². The summed E-state index contributed by atoms with van der Waals surface area (Å²) in [6.07, 6.45) is -3.32. The summed E-state index contributed by atoms with van der Waals surface area (Å²) in [6.45, 7) is 1.69. The predicted molar refractivity (Wildman–Crippen MR) is 121 cm³/mol. The minimum absolute atomic E-state index is 0.0167. The molecule has 2 aromatic rings. The highest BCUT2D eigenvalue weighted by Crippen LogP contribution is 2.35. The molecule has 35 heavy (non-hydrogen) atoms. The summed E-state index contributed by atoms with van der Waals surface area (Å²) in [6, 6.07) is 9.36. The van der Waals surface area contributed by atoms with Crippen LogP contribution in [0, 0.1) is 0 Å². The van der Waals surface area contributed by atoms with Gasteiger partial charge < -0.3 is 24.6 Å². The number of amides is 2. The van der Waals surface area contributed by atoms with Crippen molar-refractivity contribution in [2.45, 2.75) is 19.0 Å². The minimum atomic E-state index is -4.58. The molecular weight excluding hydrogens is 467 g/mol. The van der Waals surface area contributed by atoms with Gasteiger partial charge in [0.05, 0.1) is 35.7 Å². The van der Waals surface area contributed by atoms with E-state index in [4.69, 9.17) is 9.47 Å². The number of benzene rings is 2. The van der Waals surface area contributed by atoms with Crippen molar-refractivity contribution in [2.75, 3.05) is 54.6 Å². The van der Waals surface area contributed by atoms with Crippen molar-refractivity contribution in [2.24, 2.45) is 0 Å². The molecule has 0 radical (unpaired) electrons. The van der Waals surface area contributed by atoms with Crippen molar-refractivity contribution in [3.05, 3.63) is 53.6 Å². The molecule has 2 heterocycles. The second kappa shape index (κ2) is 10.3. The highest BCUT2D eigenvalue weighted by molar-refractivity contribution is 5.98. The highest BCUT2D eigenvalue weighted by Gasteiger charge is 2.32. The molecule has 11 heteroatoms. The van der Waals surface area contributed by atoms with Gasteiger partial charge in [-0.2, -0.15) is 13.2 Å². The van der Waals surface area contributed by atoms with Gasteiger partial charge >= 0.3 is 12.1 Å². The average molecular weight is 491 g/mol. The second-order valence-electron chi connectivity index (χ2n) is 8.15. The first-order valence-corrected chi connectivity index (χ1v) is 11.1. The lowest BCUT2D eigenvalue weighted by Gasteiger charge is -2.31. The van der Waals surface area contributed by atoms with Gasteiger partial charge in [-0.15, -0.1) is 0 Å². The molecule has 2 aliphatic heterocycles. The molecule has 0 spiro atoms. The maximum atomic E-state index is 13.2. The normalized spacial score (nSPS) is 16.4. The SMILES string of the molecule is O=C(COC(=O)c1ccc(N2CCCC2=O)cc1)Nc1cc(C(F)(F)F)ccc1N1CCOCC1. The Morgan fingerprint density at radius 3 is 2.37 bits per heavy atom. The zero-order valence-electron chi connectivity index (χ0n) is 18.8. The summed E-state index contributed by atoms with van der Waals surface area (Å²) in [5.41, 5.74) is 0.345. The zero-order chi connectivity index (χ0) is 25.0. The number of halogens is 3. The molecule has 2 fully saturated rings. The summed E-state index contributed by atoms with van der Waals surface area (Å²) < 4.78 is 50.0. The van der Waals surface area contributed by atoms with Crippen LogP contribution >= 0.6 is 0 Å². The molecule has 0 saturated carbocycles.